The van der Waals surface area contributed by atoms with Crippen molar-refractivity contribution in [2.75, 3.05) is 20.6 Å². The predicted molar refractivity (Wildman–Crippen MR) is 46.8 cm³/mol. The molecule has 0 aromatic carbocycles. The Kier molecular flexibility index (Phi) is 3.58. The van der Waals surface area contributed by atoms with Crippen molar-refractivity contribution in [3.63, 3.8) is 0 Å². The van der Waals surface area contributed by atoms with Crippen molar-refractivity contribution in [2.24, 2.45) is 4.99 Å². The maximum absolute atomic E-state index is 4.20. The summed E-state index contributed by atoms with van der Waals surface area (Å²) in [5.41, 5.74) is 0.0933. The fraction of sp³-hybridized carbons (Fsp3) is 0.875. The molecule has 60 valence electrons. The minimum atomic E-state index is 0.0933. The molecule has 0 atom stereocenters. The van der Waals surface area contributed by atoms with Gasteiger partial charge in [0.05, 0.1) is 0 Å². The lowest BCUT2D eigenvalue weighted by Crippen LogP contribution is -2.39. The van der Waals surface area contributed by atoms with Crippen molar-refractivity contribution < 1.29 is 0 Å². The maximum Gasteiger partial charge on any atom is 0.0496 e. The van der Waals surface area contributed by atoms with Crippen LogP contribution in [0.4, 0.5) is 0 Å². The molecule has 10 heavy (non-hydrogen) atoms. The van der Waals surface area contributed by atoms with Crippen LogP contribution in [0.5, 0.6) is 0 Å². The van der Waals surface area contributed by atoms with E-state index < -0.39 is 0 Å². The highest BCUT2D eigenvalue weighted by Crippen LogP contribution is 2.05. The standard InChI is InChI=1S/C8H18N2/c1-6-9-7-8(2,3)10(4)5/h7H,6H2,1-5H3. The Bertz CT molecular complexity index is 114. The topological polar surface area (TPSA) is 15.6 Å². The van der Waals surface area contributed by atoms with Gasteiger partial charge in [-0.3, -0.25) is 9.89 Å². The lowest BCUT2D eigenvalue weighted by atomic mass is 10.1. The third-order valence-electron chi connectivity index (χ3n) is 1.74. The first kappa shape index (κ1) is 9.63. The monoisotopic (exact) mass is 142 g/mol. The molecule has 0 radical (unpaired) electrons. The highest BCUT2D eigenvalue weighted by Gasteiger charge is 2.16. The highest BCUT2D eigenvalue weighted by molar-refractivity contribution is 5.68. The van der Waals surface area contributed by atoms with Gasteiger partial charge in [0.2, 0.25) is 0 Å². The second kappa shape index (κ2) is 3.71. The highest BCUT2D eigenvalue weighted by atomic mass is 15.1. The first-order valence-corrected chi connectivity index (χ1v) is 3.69. The van der Waals surface area contributed by atoms with Gasteiger partial charge in [-0.25, -0.2) is 0 Å². The van der Waals surface area contributed by atoms with Gasteiger partial charge >= 0.3 is 0 Å². The molecule has 0 saturated heterocycles. The van der Waals surface area contributed by atoms with Gasteiger partial charge in [-0.2, -0.15) is 0 Å². The molecule has 0 aliphatic rings. The summed E-state index contributed by atoms with van der Waals surface area (Å²) in [5.74, 6) is 0. The molecule has 0 spiro atoms. The summed E-state index contributed by atoms with van der Waals surface area (Å²) in [4.78, 5) is 6.34. The molecule has 0 aliphatic carbocycles. The number of aliphatic imine (C=N–C) groups is 1. The Morgan fingerprint density at radius 3 is 2.20 bits per heavy atom. The first-order valence-electron chi connectivity index (χ1n) is 3.69. The molecule has 0 aromatic rings. The molecule has 0 aromatic heterocycles. The molecule has 0 amide bonds. The zero-order valence-corrected chi connectivity index (χ0v) is 7.68. The van der Waals surface area contributed by atoms with Crippen LogP contribution in [0, 0.1) is 0 Å². The van der Waals surface area contributed by atoms with Gasteiger partial charge in [0.25, 0.3) is 0 Å². The number of rotatable bonds is 3. The van der Waals surface area contributed by atoms with E-state index in [1.807, 2.05) is 13.1 Å². The average molecular weight is 142 g/mol. The molecule has 0 N–H and O–H groups in total. The second-order valence-electron chi connectivity index (χ2n) is 3.18. The van der Waals surface area contributed by atoms with E-state index >= 15 is 0 Å². The molecule has 0 heterocycles. The number of hydrogen-bond acceptors (Lipinski definition) is 2. The van der Waals surface area contributed by atoms with Crippen LogP contribution in [-0.2, 0) is 0 Å². The van der Waals surface area contributed by atoms with E-state index in [-0.39, 0.29) is 5.54 Å². The van der Waals surface area contributed by atoms with Gasteiger partial charge < -0.3 is 0 Å². The van der Waals surface area contributed by atoms with Crippen LogP contribution in [0.1, 0.15) is 20.8 Å². The molecule has 0 unspecified atom stereocenters. The molecule has 0 rings (SSSR count). The summed E-state index contributed by atoms with van der Waals surface area (Å²) in [6.45, 7) is 7.21. The Morgan fingerprint density at radius 2 is 1.90 bits per heavy atom. The Hall–Kier alpha value is -0.370. The average Bonchev–Trinajstić information content (AvgIpc) is 1.84. The summed E-state index contributed by atoms with van der Waals surface area (Å²) in [7, 11) is 4.11. The van der Waals surface area contributed by atoms with E-state index in [2.05, 4.69) is 37.8 Å². The zero-order valence-electron chi connectivity index (χ0n) is 7.68. The van der Waals surface area contributed by atoms with Crippen LogP contribution in [0.15, 0.2) is 4.99 Å². The van der Waals surface area contributed by atoms with Crippen molar-refractivity contribution >= 4 is 6.21 Å². The second-order valence-corrected chi connectivity index (χ2v) is 3.18. The van der Waals surface area contributed by atoms with Crippen molar-refractivity contribution in [1.82, 2.24) is 4.90 Å². The number of hydrogen-bond donors (Lipinski definition) is 0. The van der Waals surface area contributed by atoms with Crippen molar-refractivity contribution in [3.05, 3.63) is 0 Å². The molecule has 0 bridgehead atoms. The Morgan fingerprint density at radius 1 is 1.40 bits per heavy atom. The van der Waals surface area contributed by atoms with Gasteiger partial charge in [-0.1, -0.05) is 0 Å². The molecule has 0 saturated carbocycles. The Labute approximate surface area is 63.9 Å². The predicted octanol–water partition coefficient (Wildman–Crippen LogP) is 1.42. The summed E-state index contributed by atoms with van der Waals surface area (Å²) in [6.07, 6.45) is 1.99. The van der Waals surface area contributed by atoms with Crippen LogP contribution in [0.25, 0.3) is 0 Å². The smallest absolute Gasteiger partial charge is 0.0496 e. The normalized spacial score (nSPS) is 13.4. The van der Waals surface area contributed by atoms with Gasteiger partial charge in [-0.05, 0) is 34.9 Å². The first-order chi connectivity index (χ1) is 4.50. The third-order valence-corrected chi connectivity index (χ3v) is 1.74. The molecule has 0 fully saturated rings. The summed E-state index contributed by atoms with van der Waals surface area (Å²) in [6, 6.07) is 0. The number of nitrogens with zero attached hydrogens (tertiary/aromatic N) is 2. The quantitative estimate of drug-likeness (QED) is 0.544. The lowest BCUT2D eigenvalue weighted by molar-refractivity contribution is 0.279. The van der Waals surface area contributed by atoms with Crippen molar-refractivity contribution in [2.45, 2.75) is 26.3 Å². The van der Waals surface area contributed by atoms with Gasteiger partial charge in [0, 0.05) is 18.3 Å². The molecule has 0 aliphatic heterocycles. The van der Waals surface area contributed by atoms with E-state index in [1.54, 1.807) is 0 Å². The van der Waals surface area contributed by atoms with Crippen LogP contribution in [0.2, 0.25) is 0 Å². The maximum atomic E-state index is 4.20. The van der Waals surface area contributed by atoms with E-state index in [9.17, 15) is 0 Å². The van der Waals surface area contributed by atoms with Gasteiger partial charge in [0.15, 0.2) is 0 Å². The fourth-order valence-electron chi connectivity index (χ4n) is 0.430. The van der Waals surface area contributed by atoms with Crippen LogP contribution in [-0.4, -0.2) is 37.3 Å². The SMILES string of the molecule is CCN=CC(C)(C)N(C)C. The molecular formula is C8H18N2. The summed E-state index contributed by atoms with van der Waals surface area (Å²) >= 11 is 0. The van der Waals surface area contributed by atoms with Crippen LogP contribution < -0.4 is 0 Å². The van der Waals surface area contributed by atoms with Crippen LogP contribution >= 0.6 is 0 Å². The molecule has 2 heteroatoms. The van der Waals surface area contributed by atoms with E-state index in [0.29, 0.717) is 0 Å². The summed E-state index contributed by atoms with van der Waals surface area (Å²) in [5, 5.41) is 0. The summed E-state index contributed by atoms with van der Waals surface area (Å²) < 4.78 is 0. The minimum Gasteiger partial charge on any atom is -0.299 e. The Balaban J connectivity index is 3.98. The zero-order chi connectivity index (χ0) is 8.20. The minimum absolute atomic E-state index is 0.0933. The van der Waals surface area contributed by atoms with E-state index in [1.165, 1.54) is 0 Å². The third kappa shape index (κ3) is 2.97. The van der Waals surface area contributed by atoms with E-state index in [0.717, 1.165) is 6.54 Å². The van der Waals surface area contributed by atoms with E-state index in [4.69, 9.17) is 0 Å². The van der Waals surface area contributed by atoms with Gasteiger partial charge in [0.1, 0.15) is 0 Å². The van der Waals surface area contributed by atoms with Gasteiger partial charge in [-0.15, -0.1) is 0 Å². The fourth-order valence-corrected chi connectivity index (χ4v) is 0.430. The van der Waals surface area contributed by atoms with Crippen molar-refractivity contribution in [3.8, 4) is 0 Å². The van der Waals surface area contributed by atoms with Crippen molar-refractivity contribution in [1.29, 1.82) is 0 Å². The molecular weight excluding hydrogens is 124 g/mol. The largest absolute Gasteiger partial charge is 0.299 e. The van der Waals surface area contributed by atoms with Crippen LogP contribution in [0.3, 0.4) is 0 Å². The molecule has 2 nitrogen and oxygen atoms in total. The lowest BCUT2D eigenvalue weighted by Gasteiger charge is -2.27.